The molecule has 0 aliphatic rings. The number of alkyl halides is 3. The van der Waals surface area contributed by atoms with E-state index in [1.165, 1.54) is 0 Å². The van der Waals surface area contributed by atoms with Gasteiger partial charge in [0.2, 0.25) is 5.95 Å². The molecule has 0 bridgehead atoms. The van der Waals surface area contributed by atoms with E-state index in [-0.39, 0.29) is 0 Å². The molecule has 0 spiro atoms. The first kappa shape index (κ1) is 9.77. The number of hydrogen-bond donors (Lipinski definition) is 2. The molecule has 0 saturated heterocycles. The highest BCUT2D eigenvalue weighted by Gasteiger charge is 2.46. The van der Waals surface area contributed by atoms with E-state index in [4.69, 9.17) is 0 Å². The van der Waals surface area contributed by atoms with E-state index in [2.05, 4.69) is 10.1 Å². The van der Waals surface area contributed by atoms with Crippen LogP contribution in [0.2, 0.25) is 0 Å². The molecule has 1 rings (SSSR count). The van der Waals surface area contributed by atoms with Crippen LogP contribution in [0.1, 0.15) is 0 Å². The number of H-pyrrole nitrogens is 1. The van der Waals surface area contributed by atoms with Crippen molar-refractivity contribution in [2.24, 2.45) is 0 Å². The van der Waals surface area contributed by atoms with Gasteiger partial charge in [0.1, 0.15) is 6.33 Å². The van der Waals surface area contributed by atoms with Gasteiger partial charge in [-0.2, -0.15) is 31.7 Å². The zero-order valence-electron chi connectivity index (χ0n) is 5.83. The quantitative estimate of drug-likeness (QED) is 0.732. The van der Waals surface area contributed by atoms with Crippen LogP contribution in [0.25, 0.3) is 0 Å². The van der Waals surface area contributed by atoms with Gasteiger partial charge in [0, 0.05) is 0 Å². The monoisotopic (exact) mass is 216 g/mol. The summed E-state index contributed by atoms with van der Waals surface area (Å²) in [6, 6.07) is 0. The lowest BCUT2D eigenvalue weighted by atomic mass is 11.1. The zero-order valence-corrected chi connectivity index (χ0v) is 6.65. The number of hydrogen-bond acceptors (Lipinski definition) is 4. The van der Waals surface area contributed by atoms with Crippen LogP contribution in [-0.2, 0) is 10.0 Å². The van der Waals surface area contributed by atoms with Crippen molar-refractivity contribution >= 4 is 16.0 Å². The normalized spacial score (nSPS) is 12.8. The Kier molecular flexibility index (Phi) is 2.15. The zero-order chi connectivity index (χ0) is 10.1. The third-order valence-corrected chi connectivity index (χ3v) is 2.02. The molecule has 74 valence electrons. The van der Waals surface area contributed by atoms with E-state index in [1.54, 1.807) is 0 Å². The van der Waals surface area contributed by atoms with Crippen molar-refractivity contribution in [1.29, 1.82) is 0 Å². The van der Waals surface area contributed by atoms with E-state index < -0.39 is 21.5 Å². The molecule has 0 radical (unpaired) electrons. The van der Waals surface area contributed by atoms with E-state index in [1.807, 2.05) is 5.10 Å². The van der Waals surface area contributed by atoms with Crippen LogP contribution in [0.4, 0.5) is 19.1 Å². The van der Waals surface area contributed by atoms with Crippen molar-refractivity contribution < 1.29 is 21.6 Å². The number of anilines is 1. The molecule has 2 N–H and O–H groups in total. The summed E-state index contributed by atoms with van der Waals surface area (Å²) in [6.07, 6.45) is 0.869. The van der Waals surface area contributed by atoms with Crippen LogP contribution < -0.4 is 4.72 Å². The Morgan fingerprint density at radius 2 is 2.08 bits per heavy atom. The summed E-state index contributed by atoms with van der Waals surface area (Å²) >= 11 is 0. The van der Waals surface area contributed by atoms with Crippen molar-refractivity contribution in [2.75, 3.05) is 4.72 Å². The lowest BCUT2D eigenvalue weighted by Crippen LogP contribution is -2.30. The molecule has 13 heavy (non-hydrogen) atoms. The number of nitrogens with one attached hydrogen (secondary N) is 2. The number of aromatic nitrogens is 3. The summed E-state index contributed by atoms with van der Waals surface area (Å²) in [7, 11) is -5.40. The SMILES string of the molecule is O=S(=O)(Nc1ncn[nH]1)C(F)(F)F. The van der Waals surface area contributed by atoms with Gasteiger partial charge in [0.15, 0.2) is 0 Å². The predicted molar refractivity (Wildman–Crippen MR) is 35.0 cm³/mol. The van der Waals surface area contributed by atoms with Gasteiger partial charge in [-0.05, 0) is 0 Å². The summed E-state index contributed by atoms with van der Waals surface area (Å²) in [6.45, 7) is 0. The summed E-state index contributed by atoms with van der Waals surface area (Å²) < 4.78 is 57.1. The van der Waals surface area contributed by atoms with Gasteiger partial charge < -0.3 is 0 Å². The highest BCUT2D eigenvalue weighted by molar-refractivity contribution is 7.93. The molecule has 0 aliphatic carbocycles. The van der Waals surface area contributed by atoms with Crippen molar-refractivity contribution in [1.82, 2.24) is 15.2 Å². The maximum absolute atomic E-state index is 11.7. The number of nitrogens with zero attached hydrogens (tertiary/aromatic N) is 2. The standard InChI is InChI=1S/C3H3F3N4O2S/c4-3(5,6)13(11,12)10-2-7-1-8-9-2/h1H,(H2,7,8,9,10). The molecule has 0 unspecified atom stereocenters. The molecule has 0 aliphatic heterocycles. The van der Waals surface area contributed by atoms with E-state index in [0.717, 1.165) is 11.0 Å². The highest BCUT2D eigenvalue weighted by Crippen LogP contribution is 2.23. The van der Waals surface area contributed by atoms with Crippen LogP contribution in [-0.4, -0.2) is 29.1 Å². The molecule has 1 aromatic heterocycles. The maximum Gasteiger partial charge on any atom is 0.516 e. The summed E-state index contributed by atoms with van der Waals surface area (Å²) in [5.41, 5.74) is -5.36. The second-order valence-corrected chi connectivity index (χ2v) is 3.56. The van der Waals surface area contributed by atoms with Crippen molar-refractivity contribution in [2.45, 2.75) is 5.51 Å². The molecule has 0 fully saturated rings. The largest absolute Gasteiger partial charge is 0.516 e. The maximum atomic E-state index is 11.7. The van der Waals surface area contributed by atoms with Gasteiger partial charge >= 0.3 is 15.5 Å². The van der Waals surface area contributed by atoms with Crippen LogP contribution in [0.3, 0.4) is 0 Å². The number of aromatic amines is 1. The number of rotatable bonds is 2. The Labute approximate surface area is 70.2 Å². The van der Waals surface area contributed by atoms with Gasteiger partial charge in [0.05, 0.1) is 0 Å². The second-order valence-electron chi connectivity index (χ2n) is 1.89. The van der Waals surface area contributed by atoms with Gasteiger partial charge in [-0.25, -0.2) is 9.82 Å². The minimum Gasteiger partial charge on any atom is -0.245 e. The summed E-state index contributed by atoms with van der Waals surface area (Å²) in [5, 5.41) is 5.07. The average molecular weight is 216 g/mol. The minimum atomic E-state index is -5.40. The lowest BCUT2D eigenvalue weighted by Gasteiger charge is -2.06. The van der Waals surface area contributed by atoms with Crippen LogP contribution in [0, 0.1) is 0 Å². The van der Waals surface area contributed by atoms with E-state index in [9.17, 15) is 21.6 Å². The minimum absolute atomic E-state index is 0.586. The number of sulfonamides is 1. The lowest BCUT2D eigenvalue weighted by molar-refractivity contribution is -0.0429. The van der Waals surface area contributed by atoms with Crippen molar-refractivity contribution in [3.63, 3.8) is 0 Å². The first-order valence-corrected chi connectivity index (χ1v) is 4.26. The molecule has 6 nitrogen and oxygen atoms in total. The Morgan fingerprint density at radius 3 is 2.46 bits per heavy atom. The molecule has 0 saturated carbocycles. The summed E-state index contributed by atoms with van der Waals surface area (Å²) in [5.74, 6) is -0.586. The van der Waals surface area contributed by atoms with Crippen molar-refractivity contribution in [3.8, 4) is 0 Å². The van der Waals surface area contributed by atoms with Gasteiger partial charge in [-0.3, -0.25) is 0 Å². The van der Waals surface area contributed by atoms with Crippen LogP contribution in [0.5, 0.6) is 0 Å². The summed E-state index contributed by atoms with van der Waals surface area (Å²) in [4.78, 5) is 3.16. The van der Waals surface area contributed by atoms with Gasteiger partial charge in [0.25, 0.3) is 0 Å². The fourth-order valence-corrected chi connectivity index (χ4v) is 0.908. The third kappa shape index (κ3) is 2.08. The molecule has 0 amide bonds. The molecule has 0 atom stereocenters. The van der Waals surface area contributed by atoms with Crippen LogP contribution in [0.15, 0.2) is 6.33 Å². The molecule has 0 aromatic carbocycles. The second kappa shape index (κ2) is 2.87. The first-order chi connectivity index (χ1) is 5.83. The molecule has 1 aromatic rings. The predicted octanol–water partition coefficient (Wildman–Crippen LogP) is 0.0662. The molecule has 1 heterocycles. The average Bonchev–Trinajstić information content (AvgIpc) is 2.35. The molecular formula is C3H3F3N4O2S. The highest BCUT2D eigenvalue weighted by atomic mass is 32.2. The topological polar surface area (TPSA) is 87.7 Å². The van der Waals surface area contributed by atoms with Gasteiger partial charge in [-0.15, -0.1) is 0 Å². The fraction of sp³-hybridized carbons (Fsp3) is 0.333. The van der Waals surface area contributed by atoms with Crippen molar-refractivity contribution in [3.05, 3.63) is 6.33 Å². The van der Waals surface area contributed by atoms with E-state index >= 15 is 0 Å². The van der Waals surface area contributed by atoms with Gasteiger partial charge in [-0.1, -0.05) is 0 Å². The van der Waals surface area contributed by atoms with E-state index in [0.29, 0.717) is 0 Å². The Bertz CT molecular complexity index is 368. The number of halogens is 3. The Balaban J connectivity index is 2.87. The first-order valence-electron chi connectivity index (χ1n) is 2.77. The Morgan fingerprint density at radius 1 is 1.46 bits per heavy atom. The molecule has 10 heteroatoms. The van der Waals surface area contributed by atoms with Crippen LogP contribution >= 0.6 is 0 Å². The molecular weight excluding hydrogens is 213 g/mol. The third-order valence-electron chi connectivity index (χ3n) is 0.951. The smallest absolute Gasteiger partial charge is 0.245 e. The fourth-order valence-electron chi connectivity index (χ4n) is 0.440. The Hall–Kier alpha value is -1.32.